The van der Waals surface area contributed by atoms with Gasteiger partial charge in [-0.15, -0.1) is 4.91 Å². The number of nitroso groups, excluding NO2 is 1. The highest BCUT2D eigenvalue weighted by atomic mass is 16.7. The number of nitrogens with zero attached hydrogens (tertiary/aromatic N) is 1. The monoisotopic (exact) mass is 247 g/mol. The van der Waals surface area contributed by atoms with Crippen molar-refractivity contribution < 1.29 is 9.31 Å². The van der Waals surface area contributed by atoms with E-state index in [4.69, 9.17) is 9.31 Å². The highest BCUT2D eigenvalue weighted by Gasteiger charge is 2.51. The third kappa shape index (κ3) is 2.08. The minimum Gasteiger partial charge on any atom is -0.399 e. The Morgan fingerprint density at radius 2 is 1.67 bits per heavy atom. The molecule has 1 heterocycles. The van der Waals surface area contributed by atoms with Crippen LogP contribution in [0.2, 0.25) is 0 Å². The van der Waals surface area contributed by atoms with Gasteiger partial charge in [0.25, 0.3) is 0 Å². The molecule has 0 spiro atoms. The number of rotatable bonds is 2. The molecule has 96 valence electrons. The largest absolute Gasteiger partial charge is 0.494 e. The molecule has 0 saturated carbocycles. The predicted molar refractivity (Wildman–Crippen MR) is 72.4 cm³/mol. The summed E-state index contributed by atoms with van der Waals surface area (Å²) in [5, 5.41) is 2.96. The zero-order valence-corrected chi connectivity index (χ0v) is 11.5. The van der Waals surface area contributed by atoms with Gasteiger partial charge in [0, 0.05) is 0 Å². The van der Waals surface area contributed by atoms with E-state index in [9.17, 15) is 4.91 Å². The Kier molecular flexibility index (Phi) is 3.07. The predicted octanol–water partition coefficient (Wildman–Crippen LogP) is 2.69. The Bertz CT molecular complexity index is 469. The van der Waals surface area contributed by atoms with Crippen molar-refractivity contribution in [3.8, 4) is 0 Å². The maximum Gasteiger partial charge on any atom is 0.494 e. The fourth-order valence-electron chi connectivity index (χ4n) is 1.91. The van der Waals surface area contributed by atoms with Crippen molar-refractivity contribution in [2.75, 3.05) is 0 Å². The lowest BCUT2D eigenvalue weighted by molar-refractivity contribution is 0.00578. The van der Waals surface area contributed by atoms with Crippen LogP contribution in [0.4, 0.5) is 5.69 Å². The maximum absolute atomic E-state index is 10.6. The van der Waals surface area contributed by atoms with E-state index in [-0.39, 0.29) is 11.2 Å². The average molecular weight is 247 g/mol. The van der Waals surface area contributed by atoms with Crippen molar-refractivity contribution in [2.45, 2.75) is 45.8 Å². The highest BCUT2D eigenvalue weighted by Crippen LogP contribution is 2.36. The van der Waals surface area contributed by atoms with E-state index in [2.05, 4.69) is 5.18 Å². The number of hydrogen-bond donors (Lipinski definition) is 0. The second-order valence-electron chi connectivity index (χ2n) is 5.73. The van der Waals surface area contributed by atoms with Gasteiger partial charge in [-0.2, -0.15) is 0 Å². The molecule has 2 rings (SSSR count). The minimum atomic E-state index is -0.394. The first kappa shape index (κ1) is 13.2. The molecule has 1 fully saturated rings. The summed E-state index contributed by atoms with van der Waals surface area (Å²) in [5.41, 5.74) is 1.49. The van der Waals surface area contributed by atoms with Crippen molar-refractivity contribution in [3.63, 3.8) is 0 Å². The molecule has 0 amide bonds. The first-order valence-electron chi connectivity index (χ1n) is 6.06. The lowest BCUT2D eigenvalue weighted by atomic mass is 9.78. The van der Waals surface area contributed by atoms with Crippen molar-refractivity contribution >= 4 is 18.3 Å². The van der Waals surface area contributed by atoms with E-state index in [1.54, 1.807) is 6.07 Å². The van der Waals surface area contributed by atoms with Gasteiger partial charge in [0.05, 0.1) is 11.2 Å². The molecule has 0 atom stereocenters. The molecular weight excluding hydrogens is 229 g/mol. The van der Waals surface area contributed by atoms with Crippen LogP contribution in [0.25, 0.3) is 0 Å². The molecule has 1 aromatic rings. The summed E-state index contributed by atoms with van der Waals surface area (Å²) in [5.74, 6) is 0. The molecule has 18 heavy (non-hydrogen) atoms. The van der Waals surface area contributed by atoms with Gasteiger partial charge in [0.2, 0.25) is 0 Å². The zero-order valence-electron chi connectivity index (χ0n) is 11.5. The second kappa shape index (κ2) is 4.18. The van der Waals surface area contributed by atoms with Gasteiger partial charge in [0.15, 0.2) is 0 Å². The molecule has 1 saturated heterocycles. The number of hydrogen-bond acceptors (Lipinski definition) is 4. The first-order chi connectivity index (χ1) is 8.27. The molecule has 0 bridgehead atoms. The SMILES string of the molecule is Cc1cc(B2OC(C)(C)C(C)(C)O2)ccc1N=O. The summed E-state index contributed by atoms with van der Waals surface area (Å²) in [4.78, 5) is 10.6. The lowest BCUT2D eigenvalue weighted by Gasteiger charge is -2.32. The van der Waals surface area contributed by atoms with Gasteiger partial charge in [-0.25, -0.2) is 0 Å². The maximum atomic E-state index is 10.6. The summed E-state index contributed by atoms with van der Waals surface area (Å²) in [6.45, 7) is 9.91. The number of aryl methyl sites for hydroxylation is 1. The molecule has 5 heteroatoms. The van der Waals surface area contributed by atoms with Gasteiger partial charge in [-0.05, 0) is 56.9 Å². The van der Waals surface area contributed by atoms with Gasteiger partial charge >= 0.3 is 7.12 Å². The van der Waals surface area contributed by atoms with Crippen LogP contribution in [0.1, 0.15) is 33.3 Å². The van der Waals surface area contributed by atoms with Gasteiger partial charge in [-0.3, -0.25) is 0 Å². The highest BCUT2D eigenvalue weighted by molar-refractivity contribution is 6.62. The topological polar surface area (TPSA) is 47.9 Å². The molecular formula is C13H18BNO3. The molecule has 0 aliphatic carbocycles. The van der Waals surface area contributed by atoms with Crippen molar-refractivity contribution in [1.82, 2.24) is 0 Å². The molecule has 1 aliphatic heterocycles. The summed E-state index contributed by atoms with van der Waals surface area (Å²) in [6.07, 6.45) is 0. The third-order valence-electron chi connectivity index (χ3n) is 3.84. The Labute approximate surface area is 108 Å². The van der Waals surface area contributed by atoms with Crippen LogP contribution in [0, 0.1) is 11.8 Å². The zero-order chi connectivity index (χ0) is 13.6. The minimum absolute atomic E-state index is 0.354. The smallest absolute Gasteiger partial charge is 0.399 e. The summed E-state index contributed by atoms with van der Waals surface area (Å²) in [6, 6.07) is 5.41. The Morgan fingerprint density at radius 3 is 2.11 bits per heavy atom. The van der Waals surface area contributed by atoms with E-state index >= 15 is 0 Å². The van der Waals surface area contributed by atoms with Crippen molar-refractivity contribution in [3.05, 3.63) is 28.7 Å². The second-order valence-corrected chi connectivity index (χ2v) is 5.73. The molecule has 4 nitrogen and oxygen atoms in total. The van der Waals surface area contributed by atoms with Crippen LogP contribution in [0.15, 0.2) is 23.4 Å². The molecule has 1 aromatic carbocycles. The van der Waals surface area contributed by atoms with Crippen LogP contribution in [-0.2, 0) is 9.31 Å². The fraction of sp³-hybridized carbons (Fsp3) is 0.538. The Balaban J connectivity index is 2.30. The fourth-order valence-corrected chi connectivity index (χ4v) is 1.91. The molecule has 0 radical (unpaired) electrons. The van der Waals surface area contributed by atoms with Crippen LogP contribution >= 0.6 is 0 Å². The quantitative estimate of drug-likeness (QED) is 0.596. The lowest BCUT2D eigenvalue weighted by Crippen LogP contribution is -2.41. The van der Waals surface area contributed by atoms with Crippen molar-refractivity contribution in [2.24, 2.45) is 5.18 Å². The Morgan fingerprint density at radius 1 is 1.11 bits per heavy atom. The van der Waals surface area contributed by atoms with Crippen LogP contribution in [0.3, 0.4) is 0 Å². The normalized spacial score (nSPS) is 21.1. The average Bonchev–Trinajstić information content (AvgIpc) is 2.48. The molecule has 0 aromatic heterocycles. The van der Waals surface area contributed by atoms with E-state index in [0.29, 0.717) is 5.69 Å². The molecule has 0 unspecified atom stereocenters. The Hall–Kier alpha value is -1.20. The van der Waals surface area contributed by atoms with Gasteiger partial charge < -0.3 is 9.31 Å². The third-order valence-corrected chi connectivity index (χ3v) is 3.84. The van der Waals surface area contributed by atoms with E-state index in [0.717, 1.165) is 11.0 Å². The summed E-state index contributed by atoms with van der Waals surface area (Å²) >= 11 is 0. The molecule has 1 aliphatic rings. The van der Waals surface area contributed by atoms with Crippen LogP contribution in [-0.4, -0.2) is 18.3 Å². The van der Waals surface area contributed by atoms with Gasteiger partial charge in [0.1, 0.15) is 5.69 Å². The standard InChI is InChI=1S/C13H18BNO3/c1-9-8-10(6-7-11(9)15-16)14-17-12(2,3)13(4,5)18-14/h6-8H,1-5H3. The molecule has 0 N–H and O–H groups in total. The summed E-state index contributed by atoms with van der Waals surface area (Å²) < 4.78 is 11.9. The first-order valence-corrected chi connectivity index (χ1v) is 6.06. The van der Waals surface area contributed by atoms with E-state index in [1.165, 1.54) is 0 Å². The summed E-state index contributed by atoms with van der Waals surface area (Å²) in [7, 11) is -0.394. The van der Waals surface area contributed by atoms with E-state index in [1.807, 2.05) is 46.8 Å². The van der Waals surface area contributed by atoms with E-state index < -0.39 is 7.12 Å². The van der Waals surface area contributed by atoms with Crippen LogP contribution < -0.4 is 5.46 Å². The van der Waals surface area contributed by atoms with Crippen LogP contribution in [0.5, 0.6) is 0 Å². The number of benzene rings is 1. The van der Waals surface area contributed by atoms with Gasteiger partial charge in [-0.1, -0.05) is 12.1 Å². The van der Waals surface area contributed by atoms with Crippen molar-refractivity contribution in [1.29, 1.82) is 0 Å².